The maximum atomic E-state index is 5.99. The summed E-state index contributed by atoms with van der Waals surface area (Å²) < 4.78 is 0.872. The lowest BCUT2D eigenvalue weighted by Crippen LogP contribution is -1.94. The molecule has 0 spiro atoms. The van der Waals surface area contributed by atoms with Gasteiger partial charge >= 0.3 is 0 Å². The summed E-state index contributed by atoms with van der Waals surface area (Å²) in [7, 11) is 0. The molecule has 0 aliphatic heterocycles. The minimum atomic E-state index is 0.419. The molecule has 1 aromatic heterocycles. The fraction of sp³-hybridized carbons (Fsp3) is 0.111. The number of nitrogens with zero attached hydrogens (tertiary/aromatic N) is 2. The smallest absolute Gasteiger partial charge is 0.147 e. The van der Waals surface area contributed by atoms with Gasteiger partial charge in [0.15, 0.2) is 0 Å². The number of nitrogens with two attached hydrogens (primary N) is 1. The van der Waals surface area contributed by atoms with E-state index in [0.29, 0.717) is 11.6 Å². The van der Waals surface area contributed by atoms with Crippen molar-refractivity contribution < 1.29 is 0 Å². The highest BCUT2D eigenvalue weighted by Gasteiger charge is 2.07. The van der Waals surface area contributed by atoms with Crippen LogP contribution in [0, 0.1) is 0 Å². The van der Waals surface area contributed by atoms with Crippen LogP contribution < -0.4 is 5.73 Å². The van der Waals surface area contributed by atoms with Gasteiger partial charge in [0.1, 0.15) is 10.0 Å². The molecule has 0 fully saturated rings. The van der Waals surface area contributed by atoms with Gasteiger partial charge in [-0.2, -0.15) is 0 Å². The summed E-state index contributed by atoms with van der Waals surface area (Å²) in [6.45, 7) is 0.419. The van der Waals surface area contributed by atoms with E-state index in [1.165, 1.54) is 11.3 Å². The van der Waals surface area contributed by atoms with Crippen LogP contribution in [-0.4, -0.2) is 10.2 Å². The highest BCUT2D eigenvalue weighted by molar-refractivity contribution is 9.10. The van der Waals surface area contributed by atoms with E-state index in [1.807, 2.05) is 18.2 Å². The first-order chi connectivity index (χ1) is 7.20. The number of hydrogen-bond donors (Lipinski definition) is 1. The Morgan fingerprint density at radius 3 is 2.80 bits per heavy atom. The Balaban J connectivity index is 2.40. The Kier molecular flexibility index (Phi) is 3.35. The van der Waals surface area contributed by atoms with Gasteiger partial charge in [-0.15, -0.1) is 10.2 Å². The molecule has 2 rings (SSSR count). The van der Waals surface area contributed by atoms with Crippen LogP contribution in [0.3, 0.4) is 0 Å². The molecule has 0 aliphatic carbocycles. The summed E-state index contributed by atoms with van der Waals surface area (Å²) in [6.07, 6.45) is 0. The maximum absolute atomic E-state index is 5.99. The van der Waals surface area contributed by atoms with Crippen LogP contribution in [-0.2, 0) is 6.54 Å². The zero-order valence-corrected chi connectivity index (χ0v) is 10.7. The van der Waals surface area contributed by atoms with Gasteiger partial charge in [-0.1, -0.05) is 29.0 Å². The Labute approximate surface area is 104 Å². The van der Waals surface area contributed by atoms with Crippen molar-refractivity contribution in [2.45, 2.75) is 6.54 Å². The number of rotatable bonds is 2. The predicted octanol–water partition coefficient (Wildman–Crippen LogP) is 3.08. The third kappa shape index (κ3) is 2.36. The Morgan fingerprint density at radius 1 is 1.40 bits per heavy atom. The minimum Gasteiger partial charge on any atom is -0.324 e. The van der Waals surface area contributed by atoms with E-state index in [0.717, 1.165) is 20.1 Å². The predicted molar refractivity (Wildman–Crippen MR) is 65.9 cm³/mol. The molecule has 0 saturated carbocycles. The summed E-state index contributed by atoms with van der Waals surface area (Å²) >= 11 is 10.8. The van der Waals surface area contributed by atoms with E-state index in [1.54, 1.807) is 0 Å². The van der Waals surface area contributed by atoms with E-state index in [-0.39, 0.29) is 0 Å². The van der Waals surface area contributed by atoms with Crippen molar-refractivity contribution in [2.24, 2.45) is 5.73 Å². The van der Waals surface area contributed by atoms with Gasteiger partial charge in [0.2, 0.25) is 0 Å². The molecule has 1 heterocycles. The molecule has 78 valence electrons. The van der Waals surface area contributed by atoms with Crippen LogP contribution in [0.25, 0.3) is 10.6 Å². The van der Waals surface area contributed by atoms with Gasteiger partial charge in [-0.25, -0.2) is 0 Å². The normalized spacial score (nSPS) is 10.6. The third-order valence-corrected chi connectivity index (χ3v) is 4.04. The van der Waals surface area contributed by atoms with Crippen LogP contribution in [0.4, 0.5) is 0 Å². The van der Waals surface area contributed by atoms with Gasteiger partial charge in [0, 0.05) is 16.6 Å². The summed E-state index contributed by atoms with van der Waals surface area (Å²) in [5.74, 6) is 0. The van der Waals surface area contributed by atoms with Gasteiger partial charge in [0.25, 0.3) is 0 Å². The van der Waals surface area contributed by atoms with E-state index < -0.39 is 0 Å². The molecule has 0 bridgehead atoms. The Morgan fingerprint density at radius 2 is 2.20 bits per heavy atom. The Bertz CT molecular complexity index is 486. The monoisotopic (exact) mass is 303 g/mol. The van der Waals surface area contributed by atoms with Crippen molar-refractivity contribution in [3.05, 3.63) is 32.7 Å². The maximum Gasteiger partial charge on any atom is 0.147 e. The lowest BCUT2D eigenvalue weighted by Gasteiger charge is -1.98. The first kappa shape index (κ1) is 11.0. The van der Waals surface area contributed by atoms with Gasteiger partial charge in [-0.05, 0) is 28.1 Å². The van der Waals surface area contributed by atoms with Crippen LogP contribution in [0.5, 0.6) is 0 Å². The van der Waals surface area contributed by atoms with E-state index in [9.17, 15) is 0 Å². The molecule has 0 radical (unpaired) electrons. The SMILES string of the molecule is NCc1nnc(-c2ccc(Br)c(Cl)c2)s1. The van der Waals surface area contributed by atoms with Gasteiger partial charge in [-0.3, -0.25) is 0 Å². The largest absolute Gasteiger partial charge is 0.324 e. The molecule has 3 nitrogen and oxygen atoms in total. The van der Waals surface area contributed by atoms with Crippen molar-refractivity contribution in [1.29, 1.82) is 0 Å². The van der Waals surface area contributed by atoms with Gasteiger partial charge in [0.05, 0.1) is 5.02 Å². The zero-order chi connectivity index (χ0) is 10.8. The molecule has 6 heteroatoms. The van der Waals surface area contributed by atoms with E-state index >= 15 is 0 Å². The summed E-state index contributed by atoms with van der Waals surface area (Å²) in [6, 6.07) is 5.68. The van der Waals surface area contributed by atoms with Crippen molar-refractivity contribution in [3.8, 4) is 10.6 Å². The highest BCUT2D eigenvalue weighted by atomic mass is 79.9. The average Bonchev–Trinajstić information content (AvgIpc) is 2.70. The second-order valence-corrected chi connectivity index (χ2v) is 5.16. The third-order valence-electron chi connectivity index (χ3n) is 1.81. The number of halogens is 2. The highest BCUT2D eigenvalue weighted by Crippen LogP contribution is 2.30. The van der Waals surface area contributed by atoms with Crippen LogP contribution >= 0.6 is 38.9 Å². The molecule has 2 aromatic rings. The van der Waals surface area contributed by atoms with Crippen molar-refractivity contribution >= 4 is 38.9 Å². The van der Waals surface area contributed by atoms with Crippen LogP contribution in [0.1, 0.15) is 5.01 Å². The fourth-order valence-electron chi connectivity index (χ4n) is 1.08. The molecule has 0 amide bonds. The second kappa shape index (κ2) is 4.57. The quantitative estimate of drug-likeness (QED) is 0.927. The van der Waals surface area contributed by atoms with Crippen molar-refractivity contribution in [2.75, 3.05) is 0 Å². The number of benzene rings is 1. The number of hydrogen-bond acceptors (Lipinski definition) is 4. The summed E-state index contributed by atoms with van der Waals surface area (Å²) in [5.41, 5.74) is 6.43. The standard InChI is InChI=1S/C9H7BrClN3S/c10-6-2-1-5(3-7(6)11)9-14-13-8(4-12)15-9/h1-3H,4,12H2. The molecule has 2 N–H and O–H groups in total. The van der Waals surface area contributed by atoms with Gasteiger partial charge < -0.3 is 5.73 Å². The Hall–Kier alpha value is -0.490. The first-order valence-electron chi connectivity index (χ1n) is 4.18. The zero-order valence-electron chi connectivity index (χ0n) is 7.58. The van der Waals surface area contributed by atoms with E-state index in [2.05, 4.69) is 26.1 Å². The first-order valence-corrected chi connectivity index (χ1v) is 6.17. The van der Waals surface area contributed by atoms with Crippen molar-refractivity contribution in [1.82, 2.24) is 10.2 Å². The fourth-order valence-corrected chi connectivity index (χ4v) is 2.22. The second-order valence-electron chi connectivity index (χ2n) is 2.83. The minimum absolute atomic E-state index is 0.419. The van der Waals surface area contributed by atoms with Crippen molar-refractivity contribution in [3.63, 3.8) is 0 Å². The molecular formula is C9H7BrClN3S. The molecule has 0 unspecified atom stereocenters. The summed E-state index contributed by atoms with van der Waals surface area (Å²) in [5, 5.41) is 10.3. The van der Waals surface area contributed by atoms with Crippen LogP contribution in [0.2, 0.25) is 5.02 Å². The molecule has 0 saturated heterocycles. The average molecular weight is 305 g/mol. The number of aromatic nitrogens is 2. The topological polar surface area (TPSA) is 51.8 Å². The van der Waals surface area contributed by atoms with E-state index in [4.69, 9.17) is 17.3 Å². The lowest BCUT2D eigenvalue weighted by atomic mass is 10.2. The molecule has 0 atom stereocenters. The molecular weight excluding hydrogens is 298 g/mol. The molecule has 1 aromatic carbocycles. The molecule has 0 aliphatic rings. The lowest BCUT2D eigenvalue weighted by molar-refractivity contribution is 0.960. The summed E-state index contributed by atoms with van der Waals surface area (Å²) in [4.78, 5) is 0. The van der Waals surface area contributed by atoms with Crippen LogP contribution in [0.15, 0.2) is 22.7 Å². The molecule has 15 heavy (non-hydrogen) atoms.